The van der Waals surface area contributed by atoms with Gasteiger partial charge >= 0.3 is 0 Å². The first-order chi connectivity index (χ1) is 10.2. The summed E-state index contributed by atoms with van der Waals surface area (Å²) in [5.74, 6) is 1.06. The van der Waals surface area contributed by atoms with Crippen LogP contribution >= 0.6 is 11.6 Å². The zero-order chi connectivity index (χ0) is 14.8. The number of halogens is 2. The number of methoxy groups -OCH3 is 1. The first-order valence-corrected chi connectivity index (χ1v) is 7.40. The maximum Gasteiger partial charge on any atom is 0.147 e. The zero-order valence-electron chi connectivity index (χ0n) is 11.8. The summed E-state index contributed by atoms with van der Waals surface area (Å²) < 4.78 is 19.1. The molecular formula is C17H17ClFNO. The van der Waals surface area contributed by atoms with E-state index in [0.717, 1.165) is 11.3 Å². The lowest BCUT2D eigenvalue weighted by Crippen LogP contribution is -2.13. The SMILES string of the molecule is COc1ccc(C(Nc2ccc(Cl)cc2F)C2CC2)cc1. The van der Waals surface area contributed by atoms with Crippen molar-refractivity contribution >= 4 is 17.3 Å². The van der Waals surface area contributed by atoms with E-state index in [0.29, 0.717) is 16.6 Å². The highest BCUT2D eigenvalue weighted by molar-refractivity contribution is 6.30. The topological polar surface area (TPSA) is 21.3 Å². The Hall–Kier alpha value is -1.74. The fourth-order valence-corrected chi connectivity index (χ4v) is 2.65. The van der Waals surface area contributed by atoms with E-state index < -0.39 is 0 Å². The van der Waals surface area contributed by atoms with Gasteiger partial charge in [0.2, 0.25) is 0 Å². The van der Waals surface area contributed by atoms with Gasteiger partial charge in [0.05, 0.1) is 18.8 Å². The van der Waals surface area contributed by atoms with Crippen molar-refractivity contribution in [2.75, 3.05) is 12.4 Å². The Labute approximate surface area is 128 Å². The molecule has 2 aromatic rings. The van der Waals surface area contributed by atoms with E-state index in [1.54, 1.807) is 19.2 Å². The average molecular weight is 306 g/mol. The van der Waals surface area contributed by atoms with Gasteiger partial charge in [-0.15, -0.1) is 0 Å². The second-order valence-electron chi connectivity index (χ2n) is 5.36. The van der Waals surface area contributed by atoms with Crippen LogP contribution in [0.4, 0.5) is 10.1 Å². The second-order valence-corrected chi connectivity index (χ2v) is 5.79. The maximum absolute atomic E-state index is 14.0. The van der Waals surface area contributed by atoms with E-state index in [4.69, 9.17) is 16.3 Å². The van der Waals surface area contributed by atoms with Gasteiger partial charge in [0.15, 0.2) is 0 Å². The number of anilines is 1. The van der Waals surface area contributed by atoms with Crippen molar-refractivity contribution in [2.24, 2.45) is 5.92 Å². The van der Waals surface area contributed by atoms with Gasteiger partial charge in [0.1, 0.15) is 11.6 Å². The van der Waals surface area contributed by atoms with Gasteiger partial charge in [0.25, 0.3) is 0 Å². The van der Waals surface area contributed by atoms with Crippen LogP contribution < -0.4 is 10.1 Å². The molecule has 0 radical (unpaired) electrons. The van der Waals surface area contributed by atoms with Gasteiger partial charge in [-0.05, 0) is 54.7 Å². The highest BCUT2D eigenvalue weighted by Gasteiger charge is 2.32. The number of hydrogen-bond donors (Lipinski definition) is 1. The first kappa shape index (κ1) is 14.2. The molecule has 1 aliphatic rings. The highest BCUT2D eigenvalue weighted by atomic mass is 35.5. The molecule has 0 aromatic heterocycles. The van der Waals surface area contributed by atoms with E-state index in [9.17, 15) is 4.39 Å². The van der Waals surface area contributed by atoms with Crippen LogP contribution in [0.15, 0.2) is 42.5 Å². The molecule has 0 heterocycles. The molecular weight excluding hydrogens is 289 g/mol. The van der Waals surface area contributed by atoms with Gasteiger partial charge in [-0.3, -0.25) is 0 Å². The van der Waals surface area contributed by atoms with Crippen LogP contribution in [0.2, 0.25) is 5.02 Å². The van der Waals surface area contributed by atoms with Crippen LogP contribution in [-0.2, 0) is 0 Å². The minimum Gasteiger partial charge on any atom is -0.497 e. The molecule has 21 heavy (non-hydrogen) atoms. The van der Waals surface area contributed by atoms with Crippen molar-refractivity contribution in [3.63, 3.8) is 0 Å². The van der Waals surface area contributed by atoms with Crippen LogP contribution in [0.3, 0.4) is 0 Å². The number of ether oxygens (including phenoxy) is 1. The van der Waals surface area contributed by atoms with E-state index in [2.05, 4.69) is 5.32 Å². The fraction of sp³-hybridized carbons (Fsp3) is 0.294. The molecule has 0 spiro atoms. The summed E-state index contributed by atoms with van der Waals surface area (Å²) >= 11 is 5.80. The smallest absolute Gasteiger partial charge is 0.147 e. The Kier molecular flexibility index (Phi) is 4.02. The van der Waals surface area contributed by atoms with Gasteiger partial charge in [-0.25, -0.2) is 4.39 Å². The molecule has 0 bridgehead atoms. The lowest BCUT2D eigenvalue weighted by atomic mass is 10.0. The maximum atomic E-state index is 14.0. The molecule has 1 fully saturated rings. The van der Waals surface area contributed by atoms with Crippen LogP contribution in [0.25, 0.3) is 0 Å². The summed E-state index contributed by atoms with van der Waals surface area (Å²) in [7, 11) is 1.65. The lowest BCUT2D eigenvalue weighted by molar-refractivity contribution is 0.414. The Morgan fingerprint density at radius 1 is 1.19 bits per heavy atom. The Balaban J connectivity index is 1.84. The van der Waals surface area contributed by atoms with Crippen molar-refractivity contribution in [3.05, 3.63) is 58.9 Å². The van der Waals surface area contributed by atoms with Crippen molar-refractivity contribution in [1.82, 2.24) is 0 Å². The third-order valence-electron chi connectivity index (χ3n) is 3.81. The molecule has 0 aliphatic heterocycles. The van der Waals surface area contributed by atoms with E-state index >= 15 is 0 Å². The van der Waals surface area contributed by atoms with Gasteiger partial charge in [0, 0.05) is 5.02 Å². The normalized spacial score (nSPS) is 15.6. The standard InChI is InChI=1S/C17H17ClFNO/c1-21-14-7-4-12(5-8-14)17(11-2-3-11)20-16-9-6-13(18)10-15(16)19/h4-11,17,20H,2-3H2,1H3. The quantitative estimate of drug-likeness (QED) is 0.834. The van der Waals surface area contributed by atoms with E-state index in [1.165, 1.54) is 18.9 Å². The number of benzene rings is 2. The third kappa shape index (κ3) is 3.30. The largest absolute Gasteiger partial charge is 0.497 e. The van der Waals surface area contributed by atoms with Crippen molar-refractivity contribution in [3.8, 4) is 5.75 Å². The van der Waals surface area contributed by atoms with Crippen LogP contribution in [0.5, 0.6) is 5.75 Å². The van der Waals surface area contributed by atoms with Crippen molar-refractivity contribution in [1.29, 1.82) is 0 Å². The molecule has 1 saturated carbocycles. The van der Waals surface area contributed by atoms with Crippen molar-refractivity contribution in [2.45, 2.75) is 18.9 Å². The monoisotopic (exact) mass is 305 g/mol. The first-order valence-electron chi connectivity index (χ1n) is 7.03. The Morgan fingerprint density at radius 3 is 2.48 bits per heavy atom. The minimum atomic E-state index is -0.318. The van der Waals surface area contributed by atoms with Crippen LogP contribution in [0, 0.1) is 11.7 Å². The summed E-state index contributed by atoms with van der Waals surface area (Å²) in [6, 6.07) is 12.8. The number of nitrogens with one attached hydrogen (secondary N) is 1. The van der Waals surface area contributed by atoms with E-state index in [1.807, 2.05) is 24.3 Å². The number of hydrogen-bond acceptors (Lipinski definition) is 2. The summed E-state index contributed by atoms with van der Waals surface area (Å²) in [6.45, 7) is 0. The molecule has 0 saturated heterocycles. The molecule has 2 nitrogen and oxygen atoms in total. The summed E-state index contributed by atoms with van der Waals surface area (Å²) in [4.78, 5) is 0. The minimum absolute atomic E-state index is 0.117. The highest BCUT2D eigenvalue weighted by Crippen LogP contribution is 2.43. The predicted octanol–water partition coefficient (Wildman–Crippen LogP) is 5.05. The summed E-state index contributed by atoms with van der Waals surface area (Å²) in [5, 5.41) is 3.72. The lowest BCUT2D eigenvalue weighted by Gasteiger charge is -2.21. The average Bonchev–Trinajstić information content (AvgIpc) is 3.31. The molecule has 1 atom stereocenters. The molecule has 4 heteroatoms. The summed E-state index contributed by atoms with van der Waals surface area (Å²) in [5.41, 5.74) is 1.64. The number of rotatable bonds is 5. The Bertz CT molecular complexity index is 625. The van der Waals surface area contributed by atoms with Crippen LogP contribution in [0.1, 0.15) is 24.4 Å². The third-order valence-corrected chi connectivity index (χ3v) is 4.05. The predicted molar refractivity (Wildman–Crippen MR) is 83.5 cm³/mol. The molecule has 0 amide bonds. The van der Waals surface area contributed by atoms with E-state index in [-0.39, 0.29) is 11.9 Å². The molecule has 1 unspecified atom stereocenters. The van der Waals surface area contributed by atoms with Crippen LogP contribution in [-0.4, -0.2) is 7.11 Å². The van der Waals surface area contributed by atoms with Gasteiger partial charge < -0.3 is 10.1 Å². The van der Waals surface area contributed by atoms with Gasteiger partial charge in [-0.1, -0.05) is 23.7 Å². The zero-order valence-corrected chi connectivity index (χ0v) is 12.5. The van der Waals surface area contributed by atoms with Gasteiger partial charge in [-0.2, -0.15) is 0 Å². The van der Waals surface area contributed by atoms with Crippen molar-refractivity contribution < 1.29 is 9.13 Å². The fourth-order valence-electron chi connectivity index (χ4n) is 2.49. The molecule has 1 aliphatic carbocycles. The second kappa shape index (κ2) is 5.94. The molecule has 1 N–H and O–H groups in total. The summed E-state index contributed by atoms with van der Waals surface area (Å²) in [6.07, 6.45) is 2.33. The molecule has 3 rings (SSSR count). The molecule has 2 aromatic carbocycles. The Morgan fingerprint density at radius 2 is 1.90 bits per heavy atom. The molecule has 110 valence electrons.